The lowest BCUT2D eigenvalue weighted by Gasteiger charge is -2.38. The number of piperidine rings is 1. The van der Waals surface area contributed by atoms with Crippen LogP contribution in [-0.2, 0) is 5.41 Å². The zero-order chi connectivity index (χ0) is 20.9. The summed E-state index contributed by atoms with van der Waals surface area (Å²) in [5.41, 5.74) is 4.88. The monoisotopic (exact) mass is 421 g/mol. The van der Waals surface area contributed by atoms with Crippen LogP contribution in [0.5, 0.6) is 0 Å². The Morgan fingerprint density at radius 2 is 1.77 bits per heavy atom. The summed E-state index contributed by atoms with van der Waals surface area (Å²) in [5.74, 6) is 2.02. The minimum absolute atomic E-state index is 0.0104. The van der Waals surface area contributed by atoms with Gasteiger partial charge in [-0.3, -0.25) is 5.10 Å². The Labute approximate surface area is 179 Å². The summed E-state index contributed by atoms with van der Waals surface area (Å²) in [6.45, 7) is 8.21. The van der Waals surface area contributed by atoms with Crippen LogP contribution in [0.15, 0.2) is 30.6 Å². The lowest BCUT2D eigenvalue weighted by atomic mass is 9.79. The molecular formula is C22H24ClN7. The van der Waals surface area contributed by atoms with Gasteiger partial charge in [0, 0.05) is 40.5 Å². The van der Waals surface area contributed by atoms with E-state index in [9.17, 15) is 0 Å². The van der Waals surface area contributed by atoms with Crippen molar-refractivity contribution >= 4 is 28.5 Å². The molecule has 0 saturated carbocycles. The molecule has 5 rings (SSSR count). The predicted octanol–water partition coefficient (Wildman–Crippen LogP) is 4.57. The molecule has 0 radical (unpaired) electrons. The number of imidazole rings is 1. The first-order chi connectivity index (χ1) is 14.4. The van der Waals surface area contributed by atoms with E-state index in [-0.39, 0.29) is 5.41 Å². The van der Waals surface area contributed by atoms with Crippen molar-refractivity contribution in [3.05, 3.63) is 52.8 Å². The number of halogens is 1. The molecule has 0 spiro atoms. The van der Waals surface area contributed by atoms with E-state index in [2.05, 4.69) is 43.9 Å². The van der Waals surface area contributed by atoms with E-state index in [0.29, 0.717) is 0 Å². The molecule has 1 aromatic carbocycles. The van der Waals surface area contributed by atoms with Gasteiger partial charge < -0.3 is 9.88 Å². The van der Waals surface area contributed by atoms with Crippen LogP contribution in [0, 0.1) is 13.8 Å². The van der Waals surface area contributed by atoms with Gasteiger partial charge in [-0.2, -0.15) is 5.10 Å². The van der Waals surface area contributed by atoms with Gasteiger partial charge in [-0.15, -0.1) is 0 Å². The molecular weight excluding hydrogens is 398 g/mol. The van der Waals surface area contributed by atoms with Crippen molar-refractivity contribution < 1.29 is 0 Å². The van der Waals surface area contributed by atoms with Gasteiger partial charge in [0.15, 0.2) is 5.65 Å². The molecule has 3 aromatic heterocycles. The van der Waals surface area contributed by atoms with Crippen molar-refractivity contribution in [2.75, 3.05) is 18.0 Å². The van der Waals surface area contributed by atoms with Gasteiger partial charge in [-0.1, -0.05) is 30.7 Å². The number of aromatic amines is 2. The number of benzene rings is 1. The number of fused-ring (bicyclic) bond motifs is 1. The molecule has 0 amide bonds. The second-order valence-electron chi connectivity index (χ2n) is 8.36. The van der Waals surface area contributed by atoms with Crippen LogP contribution >= 0.6 is 11.6 Å². The Morgan fingerprint density at radius 1 is 1.03 bits per heavy atom. The molecule has 4 aromatic rings. The summed E-state index contributed by atoms with van der Waals surface area (Å²) in [6.07, 6.45) is 3.57. The molecule has 0 aliphatic carbocycles. The smallest absolute Gasteiger partial charge is 0.186 e. The average molecular weight is 422 g/mol. The molecule has 154 valence electrons. The molecule has 4 heterocycles. The fraction of sp³-hybridized carbons (Fsp3) is 0.364. The first kappa shape index (κ1) is 19.1. The third-order valence-corrected chi connectivity index (χ3v) is 6.50. The van der Waals surface area contributed by atoms with E-state index in [4.69, 9.17) is 16.6 Å². The van der Waals surface area contributed by atoms with Crippen molar-refractivity contribution in [1.82, 2.24) is 30.1 Å². The summed E-state index contributed by atoms with van der Waals surface area (Å²) in [5, 5.41) is 9.04. The van der Waals surface area contributed by atoms with Gasteiger partial charge >= 0.3 is 0 Å². The summed E-state index contributed by atoms with van der Waals surface area (Å²) >= 11 is 6.04. The summed E-state index contributed by atoms with van der Waals surface area (Å²) in [7, 11) is 0. The number of anilines is 1. The zero-order valence-corrected chi connectivity index (χ0v) is 18.1. The first-order valence-corrected chi connectivity index (χ1v) is 10.6. The highest BCUT2D eigenvalue weighted by molar-refractivity contribution is 6.30. The molecule has 0 bridgehead atoms. The number of nitrogens with zero attached hydrogens (tertiary/aromatic N) is 5. The van der Waals surface area contributed by atoms with Crippen LogP contribution in [0.25, 0.3) is 22.3 Å². The molecule has 30 heavy (non-hydrogen) atoms. The molecule has 0 atom stereocenters. The number of hydrogen-bond acceptors (Lipinski definition) is 5. The normalized spacial score (nSPS) is 16.3. The van der Waals surface area contributed by atoms with Crippen molar-refractivity contribution in [2.24, 2.45) is 0 Å². The van der Waals surface area contributed by atoms with Gasteiger partial charge in [0.1, 0.15) is 18.0 Å². The Bertz CT molecular complexity index is 1200. The Morgan fingerprint density at radius 3 is 2.50 bits per heavy atom. The van der Waals surface area contributed by atoms with Crippen LogP contribution < -0.4 is 4.90 Å². The fourth-order valence-corrected chi connectivity index (χ4v) is 4.43. The Kier molecular flexibility index (Phi) is 4.50. The van der Waals surface area contributed by atoms with E-state index in [1.165, 1.54) is 0 Å². The predicted molar refractivity (Wildman–Crippen MR) is 119 cm³/mol. The van der Waals surface area contributed by atoms with E-state index in [0.717, 1.165) is 76.3 Å². The topological polar surface area (TPSA) is 86.4 Å². The zero-order valence-electron chi connectivity index (χ0n) is 17.3. The number of H-pyrrole nitrogens is 2. The van der Waals surface area contributed by atoms with Crippen molar-refractivity contribution in [3.8, 4) is 11.3 Å². The van der Waals surface area contributed by atoms with Crippen molar-refractivity contribution in [1.29, 1.82) is 0 Å². The summed E-state index contributed by atoms with van der Waals surface area (Å²) < 4.78 is 0. The fourth-order valence-electron chi connectivity index (χ4n) is 4.30. The third kappa shape index (κ3) is 3.13. The molecule has 1 aliphatic rings. The van der Waals surface area contributed by atoms with Crippen LogP contribution in [0.4, 0.5) is 5.82 Å². The summed E-state index contributed by atoms with van der Waals surface area (Å²) in [4.78, 5) is 19.7. The van der Waals surface area contributed by atoms with E-state index < -0.39 is 0 Å². The number of aryl methyl sites for hydroxylation is 2. The van der Waals surface area contributed by atoms with Gasteiger partial charge in [-0.25, -0.2) is 15.0 Å². The maximum Gasteiger partial charge on any atom is 0.186 e. The van der Waals surface area contributed by atoms with E-state index in [1.807, 2.05) is 31.2 Å². The SMILES string of the molecule is Cc1[nH]c(C2(C)CCN(c3ncnc4n[nH]c(C)c34)CC2)nc1-c1ccc(Cl)cc1. The van der Waals surface area contributed by atoms with Crippen LogP contribution in [-0.4, -0.2) is 43.2 Å². The molecule has 8 heteroatoms. The first-order valence-electron chi connectivity index (χ1n) is 10.2. The molecule has 1 fully saturated rings. The molecule has 7 nitrogen and oxygen atoms in total. The largest absolute Gasteiger partial charge is 0.356 e. The number of nitrogens with one attached hydrogen (secondary N) is 2. The third-order valence-electron chi connectivity index (χ3n) is 6.25. The van der Waals surface area contributed by atoms with Crippen LogP contribution in [0.1, 0.15) is 37.0 Å². The number of aromatic nitrogens is 6. The second kappa shape index (κ2) is 7.09. The summed E-state index contributed by atoms with van der Waals surface area (Å²) in [6, 6.07) is 7.86. The Balaban J connectivity index is 1.40. The molecule has 1 aliphatic heterocycles. The highest BCUT2D eigenvalue weighted by Gasteiger charge is 2.36. The van der Waals surface area contributed by atoms with Crippen LogP contribution in [0.3, 0.4) is 0 Å². The molecule has 1 saturated heterocycles. The van der Waals surface area contributed by atoms with Gasteiger partial charge in [0.2, 0.25) is 0 Å². The van der Waals surface area contributed by atoms with Crippen molar-refractivity contribution in [2.45, 2.75) is 39.0 Å². The second-order valence-corrected chi connectivity index (χ2v) is 8.79. The maximum absolute atomic E-state index is 6.04. The van der Waals surface area contributed by atoms with Gasteiger partial charge in [0.25, 0.3) is 0 Å². The number of rotatable bonds is 3. The minimum Gasteiger partial charge on any atom is -0.356 e. The average Bonchev–Trinajstić information content (AvgIpc) is 3.33. The van der Waals surface area contributed by atoms with E-state index >= 15 is 0 Å². The standard InChI is InChI=1S/C22H24ClN7/c1-13-17-19(29-28-13)24-12-25-20(17)30-10-8-22(3,9-11-30)21-26-14(2)18(27-21)15-4-6-16(23)7-5-15/h4-7,12H,8-11H2,1-3H3,(H,26,27)(H,24,25,28,29). The quantitative estimate of drug-likeness (QED) is 0.506. The number of hydrogen-bond donors (Lipinski definition) is 2. The van der Waals surface area contributed by atoms with Crippen LogP contribution in [0.2, 0.25) is 5.02 Å². The van der Waals surface area contributed by atoms with E-state index in [1.54, 1.807) is 6.33 Å². The minimum atomic E-state index is -0.0104. The molecule has 0 unspecified atom stereocenters. The molecule has 2 N–H and O–H groups in total. The highest BCUT2D eigenvalue weighted by Crippen LogP contribution is 2.37. The lowest BCUT2D eigenvalue weighted by molar-refractivity contribution is 0.345. The lowest BCUT2D eigenvalue weighted by Crippen LogP contribution is -2.42. The van der Waals surface area contributed by atoms with Crippen molar-refractivity contribution in [3.63, 3.8) is 0 Å². The van der Waals surface area contributed by atoms with Gasteiger partial charge in [0.05, 0.1) is 11.1 Å². The Hall–Kier alpha value is -2.93. The highest BCUT2D eigenvalue weighted by atomic mass is 35.5. The van der Waals surface area contributed by atoms with Gasteiger partial charge in [-0.05, 0) is 38.8 Å². The maximum atomic E-state index is 6.04.